The molecule has 0 aliphatic carbocycles. The van der Waals surface area contributed by atoms with Gasteiger partial charge in [-0.15, -0.1) is 0 Å². The largest absolute Gasteiger partial charge is 0.360 e. The Morgan fingerprint density at radius 2 is 2.15 bits per heavy atom. The highest BCUT2D eigenvalue weighted by molar-refractivity contribution is 7.88. The van der Waals surface area contributed by atoms with Crippen molar-refractivity contribution in [3.8, 4) is 0 Å². The molecule has 0 bridgehead atoms. The van der Waals surface area contributed by atoms with Crippen molar-refractivity contribution in [1.82, 2.24) is 9.46 Å². The van der Waals surface area contributed by atoms with Gasteiger partial charge in [-0.3, -0.25) is 4.79 Å². The molecule has 0 spiro atoms. The van der Waals surface area contributed by atoms with Crippen LogP contribution in [0.5, 0.6) is 0 Å². The van der Waals surface area contributed by atoms with E-state index in [1.54, 1.807) is 13.0 Å². The van der Waals surface area contributed by atoms with Gasteiger partial charge in [0.15, 0.2) is 5.82 Å². The van der Waals surface area contributed by atoms with Gasteiger partial charge >= 0.3 is 0 Å². The Morgan fingerprint density at radius 3 is 2.60 bits per heavy atom. The summed E-state index contributed by atoms with van der Waals surface area (Å²) in [5.41, 5.74) is 0. The van der Waals surface area contributed by atoms with Gasteiger partial charge in [-0.1, -0.05) is 19.0 Å². The molecule has 7 nitrogen and oxygen atoms in total. The summed E-state index contributed by atoms with van der Waals surface area (Å²) in [6.07, 6.45) is 1.80. The molecule has 0 aliphatic rings. The zero-order valence-electron chi connectivity index (χ0n) is 12.2. The first-order valence-corrected chi connectivity index (χ1v) is 8.21. The fraction of sp³-hybridized carbons (Fsp3) is 0.667. The van der Waals surface area contributed by atoms with Crippen molar-refractivity contribution in [2.75, 3.05) is 24.7 Å². The fourth-order valence-electron chi connectivity index (χ4n) is 1.53. The van der Waals surface area contributed by atoms with E-state index in [0.29, 0.717) is 24.6 Å². The number of nitrogens with zero attached hydrogens (tertiary/aromatic N) is 2. The van der Waals surface area contributed by atoms with Crippen LogP contribution in [0.2, 0.25) is 0 Å². The van der Waals surface area contributed by atoms with Crippen molar-refractivity contribution in [3.63, 3.8) is 0 Å². The molecule has 0 aliphatic heterocycles. The van der Waals surface area contributed by atoms with E-state index in [0.717, 1.165) is 10.6 Å². The van der Waals surface area contributed by atoms with Crippen LogP contribution in [0.4, 0.5) is 5.82 Å². The van der Waals surface area contributed by atoms with E-state index in [1.807, 2.05) is 13.8 Å². The third-order valence-corrected chi connectivity index (χ3v) is 3.89. The van der Waals surface area contributed by atoms with Crippen molar-refractivity contribution in [2.45, 2.75) is 27.2 Å². The molecule has 1 aromatic rings. The maximum atomic E-state index is 11.8. The predicted molar refractivity (Wildman–Crippen MR) is 75.7 cm³/mol. The van der Waals surface area contributed by atoms with Crippen LogP contribution in [0.3, 0.4) is 0 Å². The molecule has 0 saturated heterocycles. The Kier molecular flexibility index (Phi) is 5.70. The molecule has 114 valence electrons. The van der Waals surface area contributed by atoms with Crippen LogP contribution >= 0.6 is 0 Å². The van der Waals surface area contributed by atoms with Gasteiger partial charge in [-0.2, -0.15) is 4.31 Å². The van der Waals surface area contributed by atoms with Crippen LogP contribution in [0.25, 0.3) is 0 Å². The Labute approximate surface area is 119 Å². The number of aryl methyl sites for hydroxylation is 1. The molecule has 1 aromatic heterocycles. The van der Waals surface area contributed by atoms with Crippen molar-refractivity contribution in [2.24, 2.45) is 5.92 Å². The van der Waals surface area contributed by atoms with E-state index in [-0.39, 0.29) is 12.4 Å². The van der Waals surface area contributed by atoms with E-state index in [2.05, 4.69) is 10.5 Å². The Morgan fingerprint density at radius 1 is 1.50 bits per heavy atom. The van der Waals surface area contributed by atoms with Crippen LogP contribution < -0.4 is 5.32 Å². The summed E-state index contributed by atoms with van der Waals surface area (Å²) in [5.74, 6) is 0.776. The van der Waals surface area contributed by atoms with Crippen molar-refractivity contribution in [3.05, 3.63) is 11.8 Å². The zero-order chi connectivity index (χ0) is 15.3. The Bertz CT molecular complexity index is 551. The van der Waals surface area contributed by atoms with Gasteiger partial charge in [0.25, 0.3) is 0 Å². The predicted octanol–water partition coefficient (Wildman–Crippen LogP) is 1.23. The number of hydrogen-bond acceptors (Lipinski definition) is 5. The average Bonchev–Trinajstić information content (AvgIpc) is 2.68. The molecular weight excluding hydrogens is 282 g/mol. The first-order valence-electron chi connectivity index (χ1n) is 6.36. The molecule has 1 heterocycles. The molecule has 0 aromatic carbocycles. The van der Waals surface area contributed by atoms with Gasteiger partial charge in [0, 0.05) is 12.6 Å². The monoisotopic (exact) mass is 303 g/mol. The number of carbonyl (C=O) groups is 1. The van der Waals surface area contributed by atoms with Gasteiger partial charge < -0.3 is 9.84 Å². The highest BCUT2D eigenvalue weighted by Gasteiger charge is 2.20. The maximum absolute atomic E-state index is 11.8. The van der Waals surface area contributed by atoms with E-state index in [1.165, 1.54) is 0 Å². The highest BCUT2D eigenvalue weighted by Crippen LogP contribution is 2.09. The molecule has 0 fully saturated rings. The lowest BCUT2D eigenvalue weighted by Gasteiger charge is -2.20. The van der Waals surface area contributed by atoms with E-state index < -0.39 is 15.9 Å². The molecule has 1 amide bonds. The molecule has 0 radical (unpaired) electrons. The van der Waals surface area contributed by atoms with E-state index in [4.69, 9.17) is 4.52 Å². The second-order valence-electron chi connectivity index (χ2n) is 5.15. The summed E-state index contributed by atoms with van der Waals surface area (Å²) in [7, 11) is -3.41. The number of rotatable bonds is 7. The number of amides is 1. The standard InChI is InChI=1S/C12H21N3O4S/c1-9(2)5-6-15(20(4,17)18)8-12(16)13-11-7-10(3)19-14-11/h7,9H,5-6,8H2,1-4H3,(H,13,14,16). The SMILES string of the molecule is Cc1cc(NC(=O)CN(CCC(C)C)S(C)(=O)=O)no1. The molecule has 1 N–H and O–H groups in total. The lowest BCUT2D eigenvalue weighted by atomic mass is 10.1. The minimum atomic E-state index is -3.41. The summed E-state index contributed by atoms with van der Waals surface area (Å²) < 4.78 is 29.3. The molecule has 20 heavy (non-hydrogen) atoms. The summed E-state index contributed by atoms with van der Waals surface area (Å²) in [6.45, 7) is 5.80. The van der Waals surface area contributed by atoms with Gasteiger partial charge in [-0.05, 0) is 19.3 Å². The lowest BCUT2D eigenvalue weighted by Crippen LogP contribution is -2.38. The molecule has 1 rings (SSSR count). The number of carbonyl (C=O) groups excluding carboxylic acids is 1. The van der Waals surface area contributed by atoms with Crippen molar-refractivity contribution >= 4 is 21.7 Å². The summed E-state index contributed by atoms with van der Waals surface area (Å²) in [5, 5.41) is 6.13. The fourth-order valence-corrected chi connectivity index (χ4v) is 2.32. The number of aromatic nitrogens is 1. The van der Waals surface area contributed by atoms with Crippen molar-refractivity contribution in [1.29, 1.82) is 0 Å². The van der Waals surface area contributed by atoms with Crippen LogP contribution in [0.1, 0.15) is 26.0 Å². The van der Waals surface area contributed by atoms with Crippen molar-refractivity contribution < 1.29 is 17.7 Å². The van der Waals surface area contributed by atoms with Gasteiger partial charge in [0.1, 0.15) is 5.76 Å². The quantitative estimate of drug-likeness (QED) is 0.818. The average molecular weight is 303 g/mol. The van der Waals surface area contributed by atoms with Crippen LogP contribution in [0.15, 0.2) is 10.6 Å². The summed E-state index contributed by atoms with van der Waals surface area (Å²) in [4.78, 5) is 11.8. The highest BCUT2D eigenvalue weighted by atomic mass is 32.2. The maximum Gasteiger partial charge on any atom is 0.240 e. The number of sulfonamides is 1. The molecule has 8 heteroatoms. The minimum Gasteiger partial charge on any atom is -0.360 e. The van der Waals surface area contributed by atoms with Gasteiger partial charge in [-0.25, -0.2) is 8.42 Å². The number of anilines is 1. The Balaban J connectivity index is 2.62. The van der Waals surface area contributed by atoms with Gasteiger partial charge in [0.2, 0.25) is 15.9 Å². The van der Waals surface area contributed by atoms with E-state index >= 15 is 0 Å². The second kappa shape index (κ2) is 6.85. The minimum absolute atomic E-state index is 0.225. The third kappa shape index (κ3) is 5.70. The first-order chi connectivity index (χ1) is 9.18. The Hall–Kier alpha value is -1.41. The smallest absolute Gasteiger partial charge is 0.240 e. The molecule has 0 saturated carbocycles. The first kappa shape index (κ1) is 16.6. The van der Waals surface area contributed by atoms with E-state index in [9.17, 15) is 13.2 Å². The summed E-state index contributed by atoms with van der Waals surface area (Å²) >= 11 is 0. The normalized spacial score (nSPS) is 12.1. The lowest BCUT2D eigenvalue weighted by molar-refractivity contribution is -0.116. The molecule has 0 unspecified atom stereocenters. The summed E-state index contributed by atoms with van der Waals surface area (Å²) in [6, 6.07) is 1.57. The molecular formula is C12H21N3O4S. The zero-order valence-corrected chi connectivity index (χ0v) is 13.0. The number of nitrogens with one attached hydrogen (secondary N) is 1. The van der Waals surface area contributed by atoms with Crippen LogP contribution in [-0.4, -0.2) is 43.1 Å². The third-order valence-electron chi connectivity index (χ3n) is 2.64. The number of hydrogen-bond donors (Lipinski definition) is 1. The second-order valence-corrected chi connectivity index (χ2v) is 7.13. The topological polar surface area (TPSA) is 92.5 Å². The van der Waals surface area contributed by atoms with Crippen LogP contribution in [-0.2, 0) is 14.8 Å². The van der Waals surface area contributed by atoms with Crippen LogP contribution in [0, 0.1) is 12.8 Å². The molecule has 0 atom stereocenters. The van der Waals surface area contributed by atoms with Gasteiger partial charge in [0.05, 0.1) is 12.8 Å².